The molecule has 0 aromatic heterocycles. The van der Waals surface area contributed by atoms with Gasteiger partial charge in [0, 0.05) is 26.6 Å². The zero-order valence-corrected chi connectivity index (χ0v) is 23.9. The summed E-state index contributed by atoms with van der Waals surface area (Å²) < 4.78 is 40.3. The molecule has 2 heterocycles. The lowest BCUT2D eigenvalue weighted by molar-refractivity contribution is 0.114. The Morgan fingerprint density at radius 2 is 1.61 bits per heavy atom. The third-order valence-corrected chi connectivity index (χ3v) is 6.40. The van der Waals surface area contributed by atoms with E-state index in [-0.39, 0.29) is 18.8 Å². The molecular formula is C33H42O8. The molecule has 0 bridgehead atoms. The number of aliphatic hydroxyl groups excluding tert-OH is 1. The van der Waals surface area contributed by atoms with Crippen molar-refractivity contribution >= 4 is 0 Å². The number of hydrogen-bond donors (Lipinski definition) is 1. The van der Waals surface area contributed by atoms with Crippen molar-refractivity contribution in [2.75, 3.05) is 60.0 Å². The fourth-order valence-corrected chi connectivity index (χ4v) is 3.95. The lowest BCUT2D eigenvalue weighted by Crippen LogP contribution is -2.07. The Kier molecular flexibility index (Phi) is 13.1. The minimum Gasteiger partial charge on any atom is -0.494 e. The first-order valence-electron chi connectivity index (χ1n) is 14.3. The Morgan fingerprint density at radius 1 is 0.829 bits per heavy atom. The van der Waals surface area contributed by atoms with Crippen LogP contribution in [0.4, 0.5) is 0 Å². The third-order valence-electron chi connectivity index (χ3n) is 6.40. The Hall–Kier alpha value is -3.30. The molecule has 4 rings (SSSR count). The average Bonchev–Trinajstić information content (AvgIpc) is 3.91. The molecule has 1 aliphatic carbocycles. The summed E-state index contributed by atoms with van der Waals surface area (Å²) in [6.45, 7) is 3.93. The molecule has 8 heteroatoms. The van der Waals surface area contributed by atoms with Crippen LogP contribution in [0.2, 0.25) is 0 Å². The summed E-state index contributed by atoms with van der Waals surface area (Å²) in [4.78, 5) is 0. The van der Waals surface area contributed by atoms with Crippen LogP contribution in [0.15, 0.2) is 89.9 Å². The minimum atomic E-state index is 0.0703. The van der Waals surface area contributed by atoms with Crippen LogP contribution in [0.25, 0.3) is 0 Å². The SMILES string of the molecule is COCCOC1=C/C/C(Cc2ccc(OCC3CO3)cccccc2OCC2CO2)=C(OCCCO)\C=C/C/C=C\1. The molecule has 3 aliphatic rings. The first-order chi connectivity index (χ1) is 20.2. The van der Waals surface area contributed by atoms with E-state index in [2.05, 4.69) is 18.2 Å². The smallest absolute Gasteiger partial charge is 0.122 e. The van der Waals surface area contributed by atoms with Gasteiger partial charge in [0.25, 0.3) is 0 Å². The fraction of sp³-hybridized carbons (Fsp3) is 0.455. The van der Waals surface area contributed by atoms with Crippen LogP contribution in [0, 0.1) is 0 Å². The van der Waals surface area contributed by atoms with E-state index in [1.54, 1.807) is 7.11 Å². The van der Waals surface area contributed by atoms with Gasteiger partial charge in [-0.1, -0.05) is 36.4 Å². The van der Waals surface area contributed by atoms with Crippen molar-refractivity contribution in [3.05, 3.63) is 95.5 Å². The Balaban J connectivity index is 1.69. The van der Waals surface area contributed by atoms with Gasteiger partial charge in [-0.05, 0) is 60.4 Å². The molecular weight excluding hydrogens is 524 g/mol. The summed E-state index contributed by atoms with van der Waals surface area (Å²) in [6.07, 6.45) is 13.0. The number of hydrogen-bond acceptors (Lipinski definition) is 8. The van der Waals surface area contributed by atoms with Crippen molar-refractivity contribution in [2.24, 2.45) is 0 Å². The Morgan fingerprint density at radius 3 is 2.39 bits per heavy atom. The summed E-state index contributed by atoms with van der Waals surface area (Å²) in [5, 5.41) is 9.36. The second-order valence-corrected chi connectivity index (χ2v) is 9.83. The van der Waals surface area contributed by atoms with Gasteiger partial charge < -0.3 is 38.3 Å². The van der Waals surface area contributed by atoms with Crippen LogP contribution in [0.1, 0.15) is 24.8 Å². The zero-order valence-electron chi connectivity index (χ0n) is 23.9. The van der Waals surface area contributed by atoms with Gasteiger partial charge in [-0.25, -0.2) is 0 Å². The predicted octanol–water partition coefficient (Wildman–Crippen LogP) is 5.01. The Bertz CT molecular complexity index is 1130. The molecule has 1 aromatic rings. The number of allylic oxidation sites excluding steroid dienone is 6. The number of aliphatic hydroxyl groups is 1. The largest absolute Gasteiger partial charge is 0.494 e. The highest BCUT2D eigenvalue weighted by Gasteiger charge is 2.24. The van der Waals surface area contributed by atoms with E-state index in [1.807, 2.05) is 54.6 Å². The van der Waals surface area contributed by atoms with E-state index in [9.17, 15) is 5.11 Å². The molecule has 0 spiro atoms. The summed E-state index contributed by atoms with van der Waals surface area (Å²) in [5.41, 5.74) is 2.04. The monoisotopic (exact) mass is 566 g/mol. The van der Waals surface area contributed by atoms with Gasteiger partial charge in [0.2, 0.25) is 0 Å². The molecule has 2 fully saturated rings. The molecule has 2 atom stereocenters. The highest BCUT2D eigenvalue weighted by atomic mass is 16.6. The average molecular weight is 567 g/mol. The molecule has 1 N–H and O–H groups in total. The van der Waals surface area contributed by atoms with Gasteiger partial charge in [0.15, 0.2) is 0 Å². The normalized spacial score (nSPS) is 24.2. The highest BCUT2D eigenvalue weighted by molar-refractivity contribution is 5.39. The lowest BCUT2D eigenvalue weighted by Gasteiger charge is -2.16. The highest BCUT2D eigenvalue weighted by Crippen LogP contribution is 2.27. The molecule has 2 saturated heterocycles. The topological polar surface area (TPSA) is 91.4 Å². The second kappa shape index (κ2) is 17.5. The third kappa shape index (κ3) is 12.0. The van der Waals surface area contributed by atoms with Crippen molar-refractivity contribution in [1.82, 2.24) is 0 Å². The van der Waals surface area contributed by atoms with Crippen molar-refractivity contribution in [1.29, 1.82) is 0 Å². The van der Waals surface area contributed by atoms with Crippen LogP contribution in [-0.4, -0.2) is 77.3 Å². The quantitative estimate of drug-likeness (QED) is 0.221. The van der Waals surface area contributed by atoms with Gasteiger partial charge in [0.1, 0.15) is 55.0 Å². The number of methoxy groups -OCH3 is 1. The second-order valence-electron chi connectivity index (χ2n) is 9.83. The van der Waals surface area contributed by atoms with E-state index in [4.69, 9.17) is 33.2 Å². The Labute approximate surface area is 243 Å². The van der Waals surface area contributed by atoms with E-state index in [0.29, 0.717) is 52.3 Å². The fourth-order valence-electron chi connectivity index (χ4n) is 3.95. The summed E-state index contributed by atoms with van der Waals surface area (Å²) in [7, 11) is 1.66. The van der Waals surface area contributed by atoms with Crippen LogP contribution in [-0.2, 0) is 30.1 Å². The van der Waals surface area contributed by atoms with Crippen LogP contribution in [0.5, 0.6) is 11.5 Å². The minimum absolute atomic E-state index is 0.0703. The van der Waals surface area contributed by atoms with Crippen molar-refractivity contribution in [3.63, 3.8) is 0 Å². The van der Waals surface area contributed by atoms with Gasteiger partial charge in [0.05, 0.1) is 26.4 Å². The summed E-state index contributed by atoms with van der Waals surface area (Å²) in [6, 6.07) is 13.8. The molecule has 41 heavy (non-hydrogen) atoms. The van der Waals surface area contributed by atoms with E-state index >= 15 is 0 Å². The number of ether oxygens (including phenoxy) is 7. The maximum absolute atomic E-state index is 9.36. The van der Waals surface area contributed by atoms with E-state index in [0.717, 1.165) is 53.8 Å². The van der Waals surface area contributed by atoms with Gasteiger partial charge in [-0.3, -0.25) is 0 Å². The maximum Gasteiger partial charge on any atom is 0.122 e. The van der Waals surface area contributed by atoms with Crippen LogP contribution in [0.3, 0.4) is 0 Å². The van der Waals surface area contributed by atoms with Gasteiger partial charge in [-0.2, -0.15) is 0 Å². The number of rotatable bonds is 16. The lowest BCUT2D eigenvalue weighted by atomic mass is 9.99. The van der Waals surface area contributed by atoms with Crippen molar-refractivity contribution in [2.45, 2.75) is 37.9 Å². The van der Waals surface area contributed by atoms with Gasteiger partial charge in [-0.15, -0.1) is 0 Å². The summed E-state index contributed by atoms with van der Waals surface area (Å²) >= 11 is 0. The molecule has 0 radical (unpaired) electrons. The standard InChI is InChI=1S/C33H42O8/c1-35-19-20-36-28-9-4-2-6-11-32(37-18-8-17-34)26(13-15-28)21-27-14-16-29(38-22-30-23-39-30)10-5-3-7-12-33(27)41-25-31-24-40-31/h3-7,9-12,14-16,30-31,34H,2,8,13,17-25H2,1H3/b5-3?,7-3?,9-4-,10-5?,11-6-,12-7?,16-14?,27-14?,28-15+,29-10?,29-16?,32-26-,33-12?,33-27?. The zero-order chi connectivity index (χ0) is 28.5. The van der Waals surface area contributed by atoms with Crippen LogP contribution >= 0.6 is 0 Å². The van der Waals surface area contributed by atoms with Gasteiger partial charge >= 0.3 is 0 Å². The molecule has 2 unspecified atom stereocenters. The van der Waals surface area contributed by atoms with E-state index < -0.39 is 0 Å². The molecule has 222 valence electrons. The maximum atomic E-state index is 9.36. The number of epoxide rings is 2. The molecule has 0 saturated carbocycles. The predicted molar refractivity (Wildman–Crippen MR) is 156 cm³/mol. The molecule has 0 amide bonds. The first-order valence-corrected chi connectivity index (χ1v) is 14.3. The molecule has 2 aliphatic heterocycles. The first kappa shape index (κ1) is 30.7. The molecule has 8 nitrogen and oxygen atoms in total. The van der Waals surface area contributed by atoms with Crippen molar-refractivity contribution < 1.29 is 38.3 Å². The van der Waals surface area contributed by atoms with Crippen molar-refractivity contribution in [3.8, 4) is 11.5 Å². The summed E-state index contributed by atoms with van der Waals surface area (Å²) in [5.74, 6) is 3.07. The van der Waals surface area contributed by atoms with E-state index in [1.165, 1.54) is 0 Å². The van der Waals surface area contributed by atoms with Crippen LogP contribution < -0.4 is 9.47 Å². The molecule has 1 aromatic carbocycles.